The number of halogens is 2. The fourth-order valence-corrected chi connectivity index (χ4v) is 2.79. The van der Waals surface area contributed by atoms with Crippen LogP contribution in [-0.2, 0) is 0 Å². The van der Waals surface area contributed by atoms with Gasteiger partial charge in [-0.15, -0.1) is 5.10 Å². The molecule has 0 bridgehead atoms. The van der Waals surface area contributed by atoms with Crippen LogP contribution in [-0.4, -0.2) is 28.3 Å². The lowest BCUT2D eigenvalue weighted by Gasteiger charge is -2.21. The molecule has 0 aliphatic rings. The van der Waals surface area contributed by atoms with Crippen molar-refractivity contribution in [3.63, 3.8) is 0 Å². The summed E-state index contributed by atoms with van der Waals surface area (Å²) in [5.74, 6) is 0.337. The van der Waals surface area contributed by atoms with Crippen molar-refractivity contribution in [3.8, 4) is 0 Å². The minimum atomic E-state index is -0.482. The van der Waals surface area contributed by atoms with E-state index in [1.165, 1.54) is 24.0 Å². The van der Waals surface area contributed by atoms with Crippen LogP contribution in [0.2, 0.25) is 5.02 Å². The zero-order valence-electron chi connectivity index (χ0n) is 15.1. The molecular weight excluding hydrogens is 367 g/mol. The van der Waals surface area contributed by atoms with Gasteiger partial charge in [-0.2, -0.15) is 10.1 Å². The van der Waals surface area contributed by atoms with E-state index in [-0.39, 0.29) is 11.0 Å². The number of aromatic nitrogens is 3. The van der Waals surface area contributed by atoms with Crippen molar-refractivity contribution in [1.29, 1.82) is 0 Å². The van der Waals surface area contributed by atoms with Crippen molar-refractivity contribution in [2.24, 2.45) is 0 Å². The Morgan fingerprint density at radius 1 is 1.00 bits per heavy atom. The number of rotatable bonds is 7. The van der Waals surface area contributed by atoms with E-state index in [9.17, 15) is 4.39 Å². The average molecular weight is 387 g/mol. The summed E-state index contributed by atoms with van der Waals surface area (Å²) in [6, 6.07) is 12.4. The molecule has 2 aromatic carbocycles. The van der Waals surface area contributed by atoms with Gasteiger partial charge in [0.05, 0.1) is 11.2 Å². The smallest absolute Gasteiger partial charge is 0.249 e. The van der Waals surface area contributed by atoms with E-state index in [1.54, 1.807) is 6.07 Å². The summed E-state index contributed by atoms with van der Waals surface area (Å²) in [5.41, 5.74) is 2.63. The van der Waals surface area contributed by atoms with E-state index in [2.05, 4.69) is 56.7 Å². The molecule has 0 fully saturated rings. The third kappa shape index (κ3) is 4.83. The summed E-state index contributed by atoms with van der Waals surface area (Å²) < 4.78 is 13.3. The minimum Gasteiger partial charge on any atom is -0.372 e. The van der Waals surface area contributed by atoms with Crippen molar-refractivity contribution in [2.75, 3.05) is 28.6 Å². The fourth-order valence-electron chi connectivity index (χ4n) is 2.61. The number of nitrogens with one attached hydrogen (secondary N) is 2. The third-order valence-corrected chi connectivity index (χ3v) is 4.29. The van der Waals surface area contributed by atoms with E-state index < -0.39 is 5.82 Å². The maximum Gasteiger partial charge on any atom is 0.249 e. The zero-order valence-corrected chi connectivity index (χ0v) is 15.8. The van der Waals surface area contributed by atoms with Crippen LogP contribution in [0, 0.1) is 5.82 Å². The zero-order chi connectivity index (χ0) is 19.2. The van der Waals surface area contributed by atoms with Crippen LogP contribution >= 0.6 is 11.6 Å². The predicted octanol–water partition coefficient (Wildman–Crippen LogP) is 5.00. The number of hydrogen-bond acceptors (Lipinski definition) is 6. The van der Waals surface area contributed by atoms with Gasteiger partial charge in [-0.3, -0.25) is 0 Å². The highest BCUT2D eigenvalue weighted by Gasteiger charge is 2.06. The molecule has 1 heterocycles. The van der Waals surface area contributed by atoms with Crippen LogP contribution in [0.4, 0.5) is 33.2 Å². The molecule has 0 saturated carbocycles. The summed E-state index contributed by atoms with van der Waals surface area (Å²) >= 11 is 5.79. The lowest BCUT2D eigenvalue weighted by atomic mass is 10.2. The standard InChI is InChI=1S/C19H20ClFN6/c1-3-27(4-2)15-8-5-13(6-9-15)23-18-12-22-26-19(25-18)24-14-7-10-17(21)16(20)11-14/h5-12H,3-4H2,1-2H3,(H2,23,24,25,26). The van der Waals surface area contributed by atoms with Crippen LogP contribution in [0.25, 0.3) is 0 Å². The van der Waals surface area contributed by atoms with Crippen molar-refractivity contribution < 1.29 is 4.39 Å². The van der Waals surface area contributed by atoms with Crippen LogP contribution in [0.5, 0.6) is 0 Å². The Labute approximate surface area is 162 Å². The summed E-state index contributed by atoms with van der Waals surface area (Å²) in [5, 5.41) is 14.0. The molecule has 0 aliphatic heterocycles. The average Bonchev–Trinajstić information content (AvgIpc) is 2.67. The number of nitrogens with zero attached hydrogens (tertiary/aromatic N) is 4. The van der Waals surface area contributed by atoms with Crippen molar-refractivity contribution in [2.45, 2.75) is 13.8 Å². The van der Waals surface area contributed by atoms with E-state index in [0.29, 0.717) is 11.5 Å². The molecule has 6 nitrogen and oxygen atoms in total. The molecule has 1 aromatic heterocycles. The van der Waals surface area contributed by atoms with Gasteiger partial charge in [0.2, 0.25) is 5.95 Å². The highest BCUT2D eigenvalue weighted by molar-refractivity contribution is 6.31. The molecule has 140 valence electrons. The van der Waals surface area contributed by atoms with Crippen LogP contribution in [0.1, 0.15) is 13.8 Å². The molecule has 0 spiro atoms. The molecule has 0 aliphatic carbocycles. The maximum atomic E-state index is 13.3. The first-order valence-corrected chi connectivity index (χ1v) is 9.00. The summed E-state index contributed by atoms with van der Waals surface area (Å²) in [6.07, 6.45) is 1.53. The molecule has 0 atom stereocenters. The van der Waals surface area contributed by atoms with Crippen LogP contribution in [0.3, 0.4) is 0 Å². The van der Waals surface area contributed by atoms with Gasteiger partial charge in [0, 0.05) is 30.2 Å². The van der Waals surface area contributed by atoms with Crippen molar-refractivity contribution >= 4 is 40.4 Å². The molecule has 0 amide bonds. The molecule has 0 radical (unpaired) electrons. The molecule has 3 rings (SSSR count). The Kier molecular flexibility index (Phi) is 6.03. The summed E-state index contributed by atoms with van der Waals surface area (Å²) in [6.45, 7) is 6.18. The van der Waals surface area contributed by atoms with Crippen LogP contribution in [0.15, 0.2) is 48.7 Å². The first-order valence-electron chi connectivity index (χ1n) is 8.63. The van der Waals surface area contributed by atoms with Crippen molar-refractivity contribution in [1.82, 2.24) is 15.2 Å². The highest BCUT2D eigenvalue weighted by Crippen LogP contribution is 2.23. The Morgan fingerprint density at radius 3 is 2.37 bits per heavy atom. The van der Waals surface area contributed by atoms with Crippen molar-refractivity contribution in [3.05, 3.63) is 59.5 Å². The quantitative estimate of drug-likeness (QED) is 0.595. The second-order valence-corrected chi connectivity index (χ2v) is 6.17. The first-order chi connectivity index (χ1) is 13.1. The van der Waals surface area contributed by atoms with Gasteiger partial charge in [0.15, 0.2) is 5.82 Å². The summed E-state index contributed by atoms with van der Waals surface area (Å²) in [4.78, 5) is 6.63. The topological polar surface area (TPSA) is 66.0 Å². The maximum absolute atomic E-state index is 13.3. The Hall–Kier alpha value is -2.93. The lowest BCUT2D eigenvalue weighted by molar-refractivity contribution is 0.628. The van der Waals surface area contributed by atoms with Gasteiger partial charge in [-0.05, 0) is 56.3 Å². The largest absolute Gasteiger partial charge is 0.372 e. The molecule has 8 heteroatoms. The van der Waals surface area contributed by atoms with E-state index >= 15 is 0 Å². The second kappa shape index (κ2) is 8.64. The highest BCUT2D eigenvalue weighted by atomic mass is 35.5. The Morgan fingerprint density at radius 2 is 1.70 bits per heavy atom. The SMILES string of the molecule is CCN(CC)c1ccc(Nc2cnnc(Nc3ccc(F)c(Cl)c3)n2)cc1. The fraction of sp³-hybridized carbons (Fsp3) is 0.211. The Bertz CT molecular complexity index is 899. The van der Waals surface area contributed by atoms with Gasteiger partial charge in [-0.1, -0.05) is 11.6 Å². The van der Waals surface area contributed by atoms with E-state index in [0.717, 1.165) is 18.8 Å². The van der Waals surface area contributed by atoms with Gasteiger partial charge in [0.1, 0.15) is 5.82 Å². The molecule has 3 aromatic rings. The lowest BCUT2D eigenvalue weighted by Crippen LogP contribution is -2.21. The summed E-state index contributed by atoms with van der Waals surface area (Å²) in [7, 11) is 0. The monoisotopic (exact) mass is 386 g/mol. The van der Waals surface area contributed by atoms with Gasteiger partial charge in [0.25, 0.3) is 0 Å². The number of benzene rings is 2. The normalized spacial score (nSPS) is 10.5. The minimum absolute atomic E-state index is 0.0236. The van der Waals surface area contributed by atoms with E-state index in [1.807, 2.05) is 12.1 Å². The third-order valence-electron chi connectivity index (χ3n) is 4.00. The number of anilines is 5. The number of hydrogen-bond donors (Lipinski definition) is 2. The van der Waals surface area contributed by atoms with Gasteiger partial charge in [-0.25, -0.2) is 4.39 Å². The van der Waals surface area contributed by atoms with Gasteiger partial charge < -0.3 is 15.5 Å². The molecular formula is C19H20ClFN6. The molecule has 0 saturated heterocycles. The van der Waals surface area contributed by atoms with E-state index in [4.69, 9.17) is 11.6 Å². The predicted molar refractivity (Wildman–Crippen MR) is 108 cm³/mol. The first kappa shape index (κ1) is 18.8. The van der Waals surface area contributed by atoms with Crippen LogP contribution < -0.4 is 15.5 Å². The van der Waals surface area contributed by atoms with Gasteiger partial charge >= 0.3 is 0 Å². The molecule has 2 N–H and O–H groups in total. The molecule has 0 unspecified atom stereocenters. The molecule has 27 heavy (non-hydrogen) atoms. The second-order valence-electron chi connectivity index (χ2n) is 5.76. The Balaban J connectivity index is 1.71.